The fourth-order valence-electron chi connectivity index (χ4n) is 3.66. The molecule has 172 valence electrons. The molecular weight excluding hydrogens is 437 g/mol. The second-order valence-electron chi connectivity index (χ2n) is 8.46. The first-order chi connectivity index (χ1) is 15.6. The van der Waals surface area contributed by atoms with Gasteiger partial charge >= 0.3 is 6.61 Å². The third-order valence-corrected chi connectivity index (χ3v) is 5.79. The molecule has 1 amide bonds. The van der Waals surface area contributed by atoms with Crippen LogP contribution in [0.5, 0.6) is 11.5 Å². The number of methoxy groups -OCH3 is 1. The lowest BCUT2D eigenvalue weighted by atomic mass is 9.84. The number of fused-ring (bicyclic) bond motifs is 1. The van der Waals surface area contributed by atoms with Crippen LogP contribution >= 0.6 is 0 Å². The summed E-state index contributed by atoms with van der Waals surface area (Å²) < 4.78 is 51.2. The molecule has 1 aromatic carbocycles. The number of carbonyl (C=O) groups excluding carboxylic acids is 1. The number of ether oxygens (including phenoxy) is 2. The van der Waals surface area contributed by atoms with Gasteiger partial charge in [0.05, 0.1) is 30.2 Å². The van der Waals surface area contributed by atoms with Gasteiger partial charge in [0.1, 0.15) is 29.4 Å². The number of azo groups is 2. The Hall–Kier alpha value is -3.61. The lowest BCUT2D eigenvalue weighted by molar-refractivity contribution is -0.527. The van der Waals surface area contributed by atoms with E-state index in [0.29, 0.717) is 23.4 Å². The van der Waals surface area contributed by atoms with Crippen molar-refractivity contribution in [3.8, 4) is 17.6 Å². The monoisotopic (exact) mass is 459 g/mol. The van der Waals surface area contributed by atoms with Gasteiger partial charge in [-0.3, -0.25) is 4.79 Å². The van der Waals surface area contributed by atoms with E-state index in [1.54, 1.807) is 17.0 Å². The van der Waals surface area contributed by atoms with Crippen LogP contribution in [0.15, 0.2) is 46.9 Å². The Morgan fingerprint density at radius 1 is 1.33 bits per heavy atom. The normalized spacial score (nSPS) is 21.3. The number of allylic oxidation sites excluding steroid dienone is 3. The predicted molar refractivity (Wildman–Crippen MR) is 111 cm³/mol. The van der Waals surface area contributed by atoms with Crippen LogP contribution in [-0.2, 0) is 0 Å². The summed E-state index contributed by atoms with van der Waals surface area (Å²) in [6.45, 7) is 0.850. The maximum Gasteiger partial charge on any atom is 0.387 e. The van der Waals surface area contributed by atoms with E-state index in [4.69, 9.17) is 4.74 Å². The molecule has 0 radical (unpaired) electrons. The van der Waals surface area contributed by atoms with Gasteiger partial charge in [0.25, 0.3) is 5.91 Å². The summed E-state index contributed by atoms with van der Waals surface area (Å²) in [6, 6.07) is 4.45. The first-order valence-corrected chi connectivity index (χ1v) is 10.3. The van der Waals surface area contributed by atoms with E-state index in [1.807, 2.05) is 19.9 Å². The number of carbonyl (C=O) groups is 1. The number of amides is 1. The molecule has 33 heavy (non-hydrogen) atoms. The van der Waals surface area contributed by atoms with Crippen LogP contribution in [0.1, 0.15) is 36.2 Å². The highest BCUT2D eigenvalue weighted by Gasteiger charge is 2.40. The van der Waals surface area contributed by atoms with Crippen molar-refractivity contribution in [3.05, 3.63) is 52.9 Å². The van der Waals surface area contributed by atoms with E-state index in [2.05, 4.69) is 21.2 Å². The molecule has 1 fully saturated rings. The predicted octanol–water partition coefficient (Wildman–Crippen LogP) is 4.33. The van der Waals surface area contributed by atoms with Gasteiger partial charge in [-0.05, 0) is 42.7 Å². The molecule has 2 aliphatic heterocycles. The van der Waals surface area contributed by atoms with Crippen LogP contribution in [0.4, 0.5) is 13.2 Å². The molecule has 3 aliphatic rings. The lowest BCUT2D eigenvalue weighted by Gasteiger charge is -2.20. The second kappa shape index (κ2) is 8.39. The number of hydrogen-bond acceptors (Lipinski definition) is 5. The Bertz CT molecular complexity index is 1180. The fourth-order valence-corrected chi connectivity index (χ4v) is 3.66. The van der Waals surface area contributed by atoms with Crippen molar-refractivity contribution in [1.82, 2.24) is 5.32 Å². The van der Waals surface area contributed by atoms with Crippen LogP contribution in [0.2, 0.25) is 0 Å². The van der Waals surface area contributed by atoms with E-state index in [-0.39, 0.29) is 23.5 Å². The summed E-state index contributed by atoms with van der Waals surface area (Å²) in [7, 11) is 1.30. The molecule has 0 aromatic heterocycles. The van der Waals surface area contributed by atoms with Gasteiger partial charge in [-0.15, -0.1) is 0 Å². The topological polar surface area (TPSA) is 86.7 Å². The molecule has 1 aliphatic carbocycles. The minimum atomic E-state index is -3.18. The maximum atomic E-state index is 13.2. The number of nitrogens with one attached hydrogen (secondary N) is 1. The van der Waals surface area contributed by atoms with Crippen molar-refractivity contribution in [1.29, 1.82) is 5.26 Å². The van der Waals surface area contributed by atoms with Gasteiger partial charge in [0, 0.05) is 18.1 Å². The molecule has 10 heteroatoms. The zero-order valence-corrected chi connectivity index (χ0v) is 18.2. The van der Waals surface area contributed by atoms with E-state index >= 15 is 0 Å². The summed E-state index contributed by atoms with van der Waals surface area (Å²) in [5, 5.41) is 16.2. The Kier molecular flexibility index (Phi) is 5.74. The molecule has 2 atom stereocenters. The minimum Gasteiger partial charge on any atom is -0.496 e. The number of benzene rings is 1. The third-order valence-electron chi connectivity index (χ3n) is 5.79. The van der Waals surface area contributed by atoms with Crippen molar-refractivity contribution in [2.45, 2.75) is 39.1 Å². The van der Waals surface area contributed by atoms with Crippen molar-refractivity contribution >= 4 is 11.5 Å². The summed E-state index contributed by atoms with van der Waals surface area (Å²) in [5.74, 6) is -1.13. The number of nitriles is 1. The fraction of sp³-hybridized carbons (Fsp3) is 0.391. The molecular formula is C23H22F3N4O3+. The average Bonchev–Trinajstić information content (AvgIpc) is 3.30. The summed E-state index contributed by atoms with van der Waals surface area (Å²) in [4.78, 5) is 12.7. The maximum absolute atomic E-state index is 13.2. The Labute approximate surface area is 188 Å². The highest BCUT2D eigenvalue weighted by Crippen LogP contribution is 2.40. The first-order valence-electron chi connectivity index (χ1n) is 10.3. The van der Waals surface area contributed by atoms with Crippen molar-refractivity contribution in [3.63, 3.8) is 0 Å². The van der Waals surface area contributed by atoms with E-state index < -0.39 is 30.1 Å². The highest BCUT2D eigenvalue weighted by atomic mass is 19.3. The van der Waals surface area contributed by atoms with Crippen LogP contribution in [0.3, 0.4) is 0 Å². The Morgan fingerprint density at radius 2 is 2.03 bits per heavy atom. The molecule has 1 N–H and O–H groups in total. The van der Waals surface area contributed by atoms with E-state index in [1.165, 1.54) is 19.2 Å². The quantitative estimate of drug-likeness (QED) is 0.615. The molecule has 0 unspecified atom stereocenters. The van der Waals surface area contributed by atoms with E-state index in [9.17, 15) is 23.2 Å². The smallest absolute Gasteiger partial charge is 0.387 e. The highest BCUT2D eigenvalue weighted by molar-refractivity contribution is 6.01. The van der Waals surface area contributed by atoms with Crippen molar-refractivity contribution in [2.24, 2.45) is 10.5 Å². The summed E-state index contributed by atoms with van der Waals surface area (Å²) in [6.07, 6.45) is 4.24. The van der Waals surface area contributed by atoms with Crippen LogP contribution < -0.4 is 14.8 Å². The molecule has 1 saturated carbocycles. The number of alkyl halides is 3. The van der Waals surface area contributed by atoms with Gasteiger partial charge in [-0.25, -0.2) is 4.39 Å². The van der Waals surface area contributed by atoms with Crippen LogP contribution in [0, 0.1) is 16.7 Å². The molecule has 7 nitrogen and oxygen atoms in total. The van der Waals surface area contributed by atoms with Crippen LogP contribution in [0.25, 0.3) is 5.57 Å². The molecule has 4 rings (SSSR count). The molecule has 1 aromatic rings. The van der Waals surface area contributed by atoms with Gasteiger partial charge < -0.3 is 14.8 Å². The third kappa shape index (κ3) is 4.35. The minimum absolute atomic E-state index is 0.00862. The molecule has 0 spiro atoms. The first kappa shape index (κ1) is 22.6. The number of hydrogen-bond donors (Lipinski definition) is 1. The summed E-state index contributed by atoms with van der Waals surface area (Å²) >= 11 is 0. The van der Waals surface area contributed by atoms with Gasteiger partial charge in [-0.2, -0.15) is 14.0 Å². The lowest BCUT2D eigenvalue weighted by Crippen LogP contribution is -2.28. The number of halogens is 3. The zero-order valence-electron chi connectivity index (χ0n) is 18.2. The second-order valence-corrected chi connectivity index (χ2v) is 8.46. The average molecular weight is 459 g/mol. The Balaban J connectivity index is 1.72. The number of nitrogens with zero attached hydrogens (tertiary/aromatic N) is 3. The summed E-state index contributed by atoms with van der Waals surface area (Å²) in [5.41, 5.74) is 1.73. The number of rotatable bonds is 7. The Morgan fingerprint density at radius 3 is 2.64 bits per heavy atom. The SMILES string of the molecule is COc1cc(C2=CN=[N+]3CC(C(C)(C)C#N)=CC=C23)cc(OC(F)F)c1C(=O)N[C@@H]1C[C@@H]1F. The van der Waals surface area contributed by atoms with Crippen molar-refractivity contribution in [2.75, 3.05) is 13.7 Å². The molecule has 0 bridgehead atoms. The standard InChI is InChI=1S/C23H21F3N4O3/c1-23(2,11-27)13-4-5-17-14(9-28-30(17)10-13)12-6-18(32-3)20(19(7-12)33-22(25)26)21(31)29-16-8-15(16)24/h4-7,9,15-16,22H,8,10H2,1-3H3/p+1/t15-,16+/m0/s1. The molecule has 0 saturated heterocycles. The van der Waals surface area contributed by atoms with Crippen LogP contribution in [-0.4, -0.2) is 43.1 Å². The molecule has 2 heterocycles. The van der Waals surface area contributed by atoms with Gasteiger partial charge in [-0.1, -0.05) is 4.70 Å². The van der Waals surface area contributed by atoms with Crippen molar-refractivity contribution < 1.29 is 32.1 Å². The van der Waals surface area contributed by atoms with Gasteiger partial charge in [0.2, 0.25) is 5.70 Å². The zero-order chi connectivity index (χ0) is 23.9. The largest absolute Gasteiger partial charge is 0.496 e. The van der Waals surface area contributed by atoms with E-state index in [0.717, 1.165) is 5.57 Å². The van der Waals surface area contributed by atoms with Gasteiger partial charge in [0.15, 0.2) is 6.54 Å².